The normalized spacial score (nSPS) is 29.6. The van der Waals surface area contributed by atoms with Gasteiger partial charge in [0, 0.05) is 6.04 Å². The number of carboxylic acid groups (broad SMARTS) is 1. The minimum Gasteiger partial charge on any atom is -0.481 e. The molecular weight excluding hydrogens is 232 g/mol. The molecule has 5 heteroatoms. The fourth-order valence-electron chi connectivity index (χ4n) is 2.54. The van der Waals surface area contributed by atoms with Gasteiger partial charge in [-0.2, -0.15) is 0 Å². The van der Waals surface area contributed by atoms with Crippen LogP contribution in [0.3, 0.4) is 0 Å². The highest BCUT2D eigenvalue weighted by molar-refractivity contribution is 5.83. The maximum atomic E-state index is 11.9. The predicted octanol–water partition coefficient (Wildman–Crippen LogP) is 1.26. The van der Waals surface area contributed by atoms with Gasteiger partial charge < -0.3 is 16.2 Å². The van der Waals surface area contributed by atoms with E-state index in [1.807, 2.05) is 6.92 Å². The summed E-state index contributed by atoms with van der Waals surface area (Å²) in [5.41, 5.74) is 4.89. The Morgan fingerprint density at radius 3 is 2.72 bits per heavy atom. The second kappa shape index (κ2) is 6.18. The van der Waals surface area contributed by atoms with Crippen LogP contribution in [0.4, 0.5) is 0 Å². The van der Waals surface area contributed by atoms with E-state index in [0.29, 0.717) is 19.3 Å². The number of hydrogen-bond acceptors (Lipinski definition) is 3. The second-order valence-electron chi connectivity index (χ2n) is 5.42. The molecule has 1 amide bonds. The quantitative estimate of drug-likeness (QED) is 0.690. The van der Waals surface area contributed by atoms with Gasteiger partial charge in [-0.1, -0.05) is 26.2 Å². The summed E-state index contributed by atoms with van der Waals surface area (Å²) in [5.74, 6) is -1.06. The van der Waals surface area contributed by atoms with Gasteiger partial charge in [0.25, 0.3) is 0 Å². The molecular formula is C13H24N2O3. The average molecular weight is 256 g/mol. The molecule has 3 atom stereocenters. The molecule has 0 aromatic heterocycles. The van der Waals surface area contributed by atoms with Gasteiger partial charge >= 0.3 is 5.97 Å². The lowest BCUT2D eigenvalue weighted by Gasteiger charge is -2.38. The molecule has 0 aromatic carbocycles. The number of nitrogens with two attached hydrogens (primary N) is 1. The van der Waals surface area contributed by atoms with Crippen molar-refractivity contribution in [3.8, 4) is 0 Å². The van der Waals surface area contributed by atoms with E-state index >= 15 is 0 Å². The zero-order valence-electron chi connectivity index (χ0n) is 11.2. The topological polar surface area (TPSA) is 92.4 Å². The monoisotopic (exact) mass is 256 g/mol. The Morgan fingerprint density at radius 1 is 1.50 bits per heavy atom. The van der Waals surface area contributed by atoms with Crippen LogP contribution in [-0.4, -0.2) is 29.1 Å². The number of carbonyl (C=O) groups is 2. The van der Waals surface area contributed by atoms with Crippen LogP contribution in [0.2, 0.25) is 0 Å². The number of aliphatic carboxylic acids is 1. The summed E-state index contributed by atoms with van der Waals surface area (Å²) in [6, 6.07) is -0.839. The van der Waals surface area contributed by atoms with Crippen molar-refractivity contribution in [2.45, 2.75) is 64.5 Å². The van der Waals surface area contributed by atoms with Gasteiger partial charge in [-0.3, -0.25) is 9.59 Å². The smallest absolute Gasteiger partial charge is 0.311 e. The van der Waals surface area contributed by atoms with Crippen LogP contribution in [0.25, 0.3) is 0 Å². The van der Waals surface area contributed by atoms with Crippen molar-refractivity contribution < 1.29 is 14.7 Å². The lowest BCUT2D eigenvalue weighted by atomic mass is 9.71. The fraction of sp³-hybridized carbons (Fsp3) is 0.846. The molecule has 2 unspecified atom stereocenters. The Morgan fingerprint density at radius 2 is 2.17 bits per heavy atom. The van der Waals surface area contributed by atoms with Crippen LogP contribution in [0.1, 0.15) is 52.4 Å². The summed E-state index contributed by atoms with van der Waals surface area (Å²) in [7, 11) is 0. The van der Waals surface area contributed by atoms with Gasteiger partial charge in [-0.15, -0.1) is 0 Å². The summed E-state index contributed by atoms with van der Waals surface area (Å²) in [5, 5.41) is 12.2. The first-order valence-corrected chi connectivity index (χ1v) is 6.71. The highest BCUT2D eigenvalue weighted by atomic mass is 16.4. The Kier molecular flexibility index (Phi) is 5.14. The van der Waals surface area contributed by atoms with E-state index in [-0.39, 0.29) is 11.9 Å². The minimum absolute atomic E-state index is 0.226. The van der Waals surface area contributed by atoms with E-state index in [0.717, 1.165) is 19.3 Å². The molecule has 4 N–H and O–H groups in total. The van der Waals surface area contributed by atoms with Gasteiger partial charge in [0.05, 0.1) is 11.5 Å². The van der Waals surface area contributed by atoms with E-state index < -0.39 is 17.4 Å². The molecule has 18 heavy (non-hydrogen) atoms. The van der Waals surface area contributed by atoms with Gasteiger partial charge in [0.1, 0.15) is 0 Å². The lowest BCUT2D eigenvalue weighted by Crippen LogP contribution is -2.55. The standard InChI is InChI=1S/C13H24N2O3/c1-3-6-9(14)11(16)15-10-7-4-5-8-13(10,2)12(17)18/h9-10H,3-8,14H2,1-2H3,(H,15,16)(H,17,18)/t9-,10?,13?/m0/s1. The molecule has 1 saturated carbocycles. The van der Waals surface area contributed by atoms with E-state index in [4.69, 9.17) is 5.73 Å². The van der Waals surface area contributed by atoms with Crippen molar-refractivity contribution in [2.24, 2.45) is 11.1 Å². The van der Waals surface area contributed by atoms with Crippen molar-refractivity contribution in [2.75, 3.05) is 0 Å². The molecule has 1 rings (SSSR count). The number of carbonyl (C=O) groups excluding carboxylic acids is 1. The number of rotatable bonds is 5. The molecule has 5 nitrogen and oxygen atoms in total. The third-order valence-corrected chi connectivity index (χ3v) is 3.95. The van der Waals surface area contributed by atoms with Gasteiger partial charge in [0.2, 0.25) is 5.91 Å². The number of nitrogens with one attached hydrogen (secondary N) is 1. The summed E-state index contributed by atoms with van der Waals surface area (Å²) < 4.78 is 0. The van der Waals surface area contributed by atoms with Crippen LogP contribution in [0.5, 0.6) is 0 Å². The Balaban J connectivity index is 2.68. The molecule has 0 radical (unpaired) electrons. The van der Waals surface area contributed by atoms with Crippen molar-refractivity contribution in [3.63, 3.8) is 0 Å². The summed E-state index contributed by atoms with van der Waals surface area (Å²) in [6.45, 7) is 3.68. The van der Waals surface area contributed by atoms with E-state index in [2.05, 4.69) is 5.32 Å². The molecule has 0 aromatic rings. The maximum Gasteiger partial charge on any atom is 0.311 e. The molecule has 1 fully saturated rings. The first-order valence-electron chi connectivity index (χ1n) is 6.71. The Hall–Kier alpha value is -1.10. The molecule has 1 aliphatic rings. The fourth-order valence-corrected chi connectivity index (χ4v) is 2.54. The van der Waals surface area contributed by atoms with Crippen LogP contribution in [-0.2, 0) is 9.59 Å². The molecule has 0 saturated heterocycles. The summed E-state index contributed by atoms with van der Waals surface area (Å²) in [6.07, 6.45) is 4.65. The zero-order chi connectivity index (χ0) is 13.8. The highest BCUT2D eigenvalue weighted by Gasteiger charge is 2.44. The zero-order valence-corrected chi connectivity index (χ0v) is 11.2. The molecule has 0 heterocycles. The lowest BCUT2D eigenvalue weighted by molar-refractivity contribution is -0.152. The van der Waals surface area contributed by atoms with Gasteiger partial charge in [-0.05, 0) is 26.2 Å². The molecule has 0 spiro atoms. The summed E-state index contributed by atoms with van der Waals surface area (Å²) >= 11 is 0. The van der Waals surface area contributed by atoms with Crippen molar-refractivity contribution in [1.29, 1.82) is 0 Å². The maximum absolute atomic E-state index is 11.9. The Bertz CT molecular complexity index is 319. The predicted molar refractivity (Wildman–Crippen MR) is 69.0 cm³/mol. The molecule has 1 aliphatic carbocycles. The first kappa shape index (κ1) is 15.0. The van der Waals surface area contributed by atoms with E-state index in [1.165, 1.54) is 0 Å². The molecule has 104 valence electrons. The number of carboxylic acids is 1. The number of hydrogen-bond donors (Lipinski definition) is 3. The molecule has 0 bridgehead atoms. The third kappa shape index (κ3) is 3.22. The van der Waals surface area contributed by atoms with E-state index in [9.17, 15) is 14.7 Å². The SMILES string of the molecule is CCC[C@H](N)C(=O)NC1CCCCC1(C)C(=O)O. The van der Waals surface area contributed by atoms with Gasteiger partial charge in [0.15, 0.2) is 0 Å². The van der Waals surface area contributed by atoms with Gasteiger partial charge in [-0.25, -0.2) is 0 Å². The van der Waals surface area contributed by atoms with Crippen molar-refractivity contribution in [3.05, 3.63) is 0 Å². The first-order chi connectivity index (χ1) is 8.41. The molecule has 0 aliphatic heterocycles. The van der Waals surface area contributed by atoms with Crippen LogP contribution in [0.15, 0.2) is 0 Å². The minimum atomic E-state index is -0.861. The summed E-state index contributed by atoms with van der Waals surface area (Å²) in [4.78, 5) is 23.3. The largest absolute Gasteiger partial charge is 0.481 e. The number of amides is 1. The van der Waals surface area contributed by atoms with Crippen LogP contribution in [0, 0.1) is 5.41 Å². The average Bonchev–Trinajstić information content (AvgIpc) is 2.32. The van der Waals surface area contributed by atoms with Crippen LogP contribution < -0.4 is 11.1 Å². The van der Waals surface area contributed by atoms with E-state index in [1.54, 1.807) is 6.92 Å². The highest BCUT2D eigenvalue weighted by Crippen LogP contribution is 2.36. The van der Waals surface area contributed by atoms with Crippen LogP contribution >= 0.6 is 0 Å². The third-order valence-electron chi connectivity index (χ3n) is 3.95. The second-order valence-corrected chi connectivity index (χ2v) is 5.42. The van der Waals surface area contributed by atoms with Crippen molar-refractivity contribution >= 4 is 11.9 Å². The Labute approximate surface area is 108 Å². The van der Waals surface area contributed by atoms with Crippen molar-refractivity contribution in [1.82, 2.24) is 5.32 Å².